The topological polar surface area (TPSA) is 393 Å². The number of nitrogen functional groups attached to an aromatic ring is 1. The average molecular weight is 1740 g/mol. The van der Waals surface area contributed by atoms with Gasteiger partial charge in [0.05, 0.1) is 66.1 Å². The Morgan fingerprint density at radius 2 is 0.742 bits per heavy atom. The molecule has 0 aliphatic rings. The second kappa shape index (κ2) is 39.3. The minimum absolute atomic E-state index is 0.00214. The average Bonchev–Trinajstić information content (AvgIpc) is 1.40. The number of benzene rings is 5. The molecule has 9 aromatic heterocycles. The summed E-state index contributed by atoms with van der Waals surface area (Å²) in [6, 6.07) is 30.0. The van der Waals surface area contributed by atoms with Gasteiger partial charge in [-0.2, -0.15) is 0 Å². The van der Waals surface area contributed by atoms with Crippen LogP contribution in [-0.2, 0) is 40.1 Å². The Bertz CT molecular complexity index is 6250. The maximum Gasteiger partial charge on any atom is 0.235 e. The van der Waals surface area contributed by atoms with Gasteiger partial charge < -0.3 is 30.9 Å². The first-order chi connectivity index (χ1) is 56.6. The smallest absolute Gasteiger partial charge is 0.235 e. The van der Waals surface area contributed by atoms with Crippen LogP contribution < -0.4 is 24.6 Å². The van der Waals surface area contributed by atoms with E-state index in [4.69, 9.17) is 5.73 Å². The number of aliphatic hydroxyl groups is 2. The van der Waals surface area contributed by atoms with Gasteiger partial charge in [-0.3, -0.25) is 38.6 Å². The van der Waals surface area contributed by atoms with Crippen LogP contribution in [0.2, 0.25) is 0 Å². The van der Waals surface area contributed by atoms with Crippen molar-refractivity contribution >= 4 is 108 Å². The number of pyridine rings is 6. The highest BCUT2D eigenvalue weighted by molar-refractivity contribution is 7.94. The summed E-state index contributed by atoms with van der Waals surface area (Å²) in [6.45, 7) is 11.5. The number of H-pyrrole nitrogens is 3. The largest absolute Gasteiger partial charge is 0.396 e. The SMILES string of the molecule is CC(C)S(=O)(=O)Nc1ccc(F)c(C(O)c2c[nH]c3ncc(-c4cccnc4)cc23)c1F.CC(C)S(=O)(=O)Nc1ccc(F)c(C(O)c2c[nH]c3ncc(-c4cccnc4)cc23)c1F.CC(C)S(=O)(=O)Nc1ccc(F)c(C=O)c1F.CC(C)S(=O)(=O)Nc1ccc(F)cc1F.Nc1ccc(F)cc1F.c1cncc(-c2cnc3[nH]ccc3c2)c1. The number of sulfonamides is 4. The second-order valence-electron chi connectivity index (χ2n) is 27.1. The van der Waals surface area contributed by atoms with Crippen molar-refractivity contribution in [3.8, 4) is 33.4 Å². The Balaban J connectivity index is 0.000000172. The van der Waals surface area contributed by atoms with Crippen molar-refractivity contribution < 1.29 is 92.6 Å². The zero-order valence-corrected chi connectivity index (χ0v) is 67.7. The molecule has 39 heteroatoms. The summed E-state index contributed by atoms with van der Waals surface area (Å²) in [5.41, 5.74) is 8.63. The molecule has 11 N–H and O–H groups in total. The molecule has 0 spiro atoms. The molecule has 2 atom stereocenters. The number of hydrogen-bond acceptors (Lipinski definition) is 18. The summed E-state index contributed by atoms with van der Waals surface area (Å²) in [6.07, 6.45) is 16.6. The van der Waals surface area contributed by atoms with E-state index in [2.05, 4.69) is 60.4 Å². The number of anilines is 5. The van der Waals surface area contributed by atoms with E-state index in [-0.39, 0.29) is 28.8 Å². The van der Waals surface area contributed by atoms with Gasteiger partial charge in [0.25, 0.3) is 0 Å². The Hall–Kier alpha value is -12.7. The van der Waals surface area contributed by atoms with Crippen LogP contribution in [0.4, 0.5) is 72.3 Å². The number of halogens is 10. The van der Waals surface area contributed by atoms with E-state index in [9.17, 15) is 83.8 Å². The van der Waals surface area contributed by atoms with Gasteiger partial charge in [-0.05, 0) is 159 Å². The molecular weight excluding hydrogens is 1660 g/mol. The quantitative estimate of drug-likeness (QED) is 0.0192. The number of rotatable bonds is 20. The number of fused-ring (bicyclic) bond motifs is 3. The number of aliphatic hydroxyl groups excluding tert-OH is 2. The molecule has 0 fully saturated rings. The predicted octanol–water partition coefficient (Wildman–Crippen LogP) is 16.5. The molecule has 120 heavy (non-hydrogen) atoms. The zero-order valence-electron chi connectivity index (χ0n) is 64.4. The van der Waals surface area contributed by atoms with Gasteiger partial charge in [0, 0.05) is 147 Å². The molecule has 0 amide bonds. The monoisotopic (exact) mass is 1740 g/mol. The normalized spacial score (nSPS) is 12.1. The molecule has 0 aliphatic heterocycles. The van der Waals surface area contributed by atoms with E-state index < -0.39 is 165 Å². The summed E-state index contributed by atoms with van der Waals surface area (Å²) in [7, 11) is -15.1. The molecule has 14 rings (SSSR count). The molecule has 2 unspecified atom stereocenters. The molecule has 0 bridgehead atoms. The van der Waals surface area contributed by atoms with E-state index in [0.717, 1.165) is 94.0 Å². The summed E-state index contributed by atoms with van der Waals surface area (Å²) in [5.74, 6) is -9.65. The van der Waals surface area contributed by atoms with E-state index in [1.54, 1.807) is 67.6 Å². The van der Waals surface area contributed by atoms with Crippen LogP contribution in [0.15, 0.2) is 208 Å². The Morgan fingerprint density at radius 3 is 1.11 bits per heavy atom. The lowest BCUT2D eigenvalue weighted by Crippen LogP contribution is -2.23. The summed E-state index contributed by atoms with van der Waals surface area (Å²) in [4.78, 5) is 44.5. The van der Waals surface area contributed by atoms with Gasteiger partial charge in [0.15, 0.2) is 23.7 Å². The van der Waals surface area contributed by atoms with Gasteiger partial charge in [-0.25, -0.2) is 92.5 Å². The number of aldehydes is 1. The number of hydrogen-bond donors (Lipinski definition) is 10. The fraction of sp³-hybridized carbons (Fsp3) is 0.173. The van der Waals surface area contributed by atoms with Crippen LogP contribution in [0.3, 0.4) is 0 Å². The number of nitrogens with zero attached hydrogens (tertiary/aromatic N) is 6. The third kappa shape index (κ3) is 22.6. The molecule has 9 heterocycles. The third-order valence-electron chi connectivity index (χ3n) is 17.5. The van der Waals surface area contributed by atoms with Crippen molar-refractivity contribution in [2.45, 2.75) is 88.6 Å². The number of carbonyl (C=O) groups is 1. The van der Waals surface area contributed by atoms with E-state index in [1.165, 1.54) is 73.8 Å². The van der Waals surface area contributed by atoms with Crippen molar-refractivity contribution in [3.63, 3.8) is 0 Å². The fourth-order valence-electron chi connectivity index (χ4n) is 10.5. The minimum atomic E-state index is -3.87. The van der Waals surface area contributed by atoms with Gasteiger partial charge in [-0.15, -0.1) is 0 Å². The maximum absolute atomic E-state index is 15.2. The molecule has 630 valence electrons. The summed E-state index contributed by atoms with van der Waals surface area (Å²) in [5, 5.41) is 20.8. The highest BCUT2D eigenvalue weighted by Gasteiger charge is 2.30. The number of carbonyl (C=O) groups excluding carboxylic acids is 1. The molecular formula is C81H76F10N14O11S4. The Morgan fingerprint density at radius 1 is 0.383 bits per heavy atom. The highest BCUT2D eigenvalue weighted by atomic mass is 32.2. The number of aromatic amines is 3. The molecule has 0 saturated heterocycles. The molecule has 14 aromatic rings. The minimum Gasteiger partial charge on any atom is -0.396 e. The number of aromatic nitrogens is 9. The first-order valence-corrected chi connectivity index (χ1v) is 41.9. The lowest BCUT2D eigenvalue weighted by molar-refractivity contribution is 0.111. The van der Waals surface area contributed by atoms with Gasteiger partial charge in [0.2, 0.25) is 40.1 Å². The van der Waals surface area contributed by atoms with Crippen molar-refractivity contribution in [1.82, 2.24) is 44.9 Å². The molecule has 5 aromatic carbocycles. The first-order valence-electron chi connectivity index (χ1n) is 35.7. The highest BCUT2D eigenvalue weighted by Crippen LogP contribution is 2.38. The van der Waals surface area contributed by atoms with Crippen LogP contribution in [0, 0.1) is 58.2 Å². The molecule has 25 nitrogen and oxygen atoms in total. The molecule has 0 aliphatic carbocycles. The zero-order chi connectivity index (χ0) is 87.9. The van der Waals surface area contributed by atoms with Crippen molar-refractivity contribution in [1.29, 1.82) is 0 Å². The van der Waals surface area contributed by atoms with Crippen molar-refractivity contribution in [3.05, 3.63) is 294 Å². The molecule has 0 saturated carbocycles. The third-order valence-corrected chi connectivity index (χ3v) is 24.5. The summed E-state index contributed by atoms with van der Waals surface area (Å²) < 4.78 is 238. The Kier molecular flexibility index (Phi) is 29.8. The van der Waals surface area contributed by atoms with E-state index in [1.807, 2.05) is 58.4 Å². The van der Waals surface area contributed by atoms with E-state index >= 15 is 8.78 Å². The fourth-order valence-corrected chi connectivity index (χ4v) is 13.3. The van der Waals surface area contributed by atoms with Gasteiger partial charge in [0.1, 0.15) is 69.9 Å². The van der Waals surface area contributed by atoms with Crippen LogP contribution in [0.5, 0.6) is 0 Å². The van der Waals surface area contributed by atoms with Gasteiger partial charge >= 0.3 is 0 Å². The van der Waals surface area contributed by atoms with Crippen molar-refractivity contribution in [2.75, 3.05) is 24.6 Å². The maximum atomic E-state index is 15.2. The van der Waals surface area contributed by atoms with Crippen LogP contribution in [0.25, 0.3) is 66.5 Å². The lowest BCUT2D eigenvalue weighted by atomic mass is 9.98. The van der Waals surface area contributed by atoms with Crippen LogP contribution in [-0.4, -0.2) is 116 Å². The Labute approximate surface area is 681 Å². The lowest BCUT2D eigenvalue weighted by Gasteiger charge is -2.17. The number of nitrogens with one attached hydrogen (secondary N) is 7. The van der Waals surface area contributed by atoms with E-state index in [0.29, 0.717) is 39.3 Å². The van der Waals surface area contributed by atoms with Crippen molar-refractivity contribution in [2.24, 2.45) is 0 Å². The van der Waals surface area contributed by atoms with Gasteiger partial charge in [-0.1, -0.05) is 18.2 Å². The first kappa shape index (κ1) is 91.2. The van der Waals surface area contributed by atoms with Crippen LogP contribution in [0.1, 0.15) is 100 Å². The standard InChI is InChI=1S/2C22H20F2N4O3S.C12H9N3.C10H11F2NO3S.C9H11F2NO2S.C6H5F2N/c2*1-12(2)32(30,31)28-18-6-5-17(23)19(20(18)24)21(29)16-11-27-22-15(16)8-14(10-26-22)13-4-3-7-25-9-13;1-2-10(7-13-4-1)11-6-9-3-5-14-12(9)15-8-11;1-6(2)17(15,16)13-9-4-3-8(11)7(5-14)10(9)12;1-6(2)15(13,14)12-9-4-3-7(10)5-8(9)11;7-4-1-2-6(9)5(8)3-4/h2*3-12,21,28-29H,1-2H3,(H,26,27);1-8H,(H,14,15);3-6,13H,1-2H3;3-6,12H,1-2H3;1-3H,9H2. The summed E-state index contributed by atoms with van der Waals surface area (Å²) >= 11 is 0. The predicted molar refractivity (Wildman–Crippen MR) is 438 cm³/mol. The van der Waals surface area contributed by atoms with Crippen LogP contribution >= 0.6 is 0 Å². The second-order valence-corrected chi connectivity index (χ2v) is 36.0. The molecule has 0 radical (unpaired) electrons. The number of nitrogens with two attached hydrogens (primary N) is 1.